The summed E-state index contributed by atoms with van der Waals surface area (Å²) in [6.45, 7) is 7.73. The summed E-state index contributed by atoms with van der Waals surface area (Å²) < 4.78 is 22.1. The highest BCUT2D eigenvalue weighted by Gasteiger charge is 2.75. The average Bonchev–Trinajstić information content (AvgIpc) is 3.57. The van der Waals surface area contributed by atoms with Crippen molar-refractivity contribution >= 4 is 11.6 Å². The molecule has 0 radical (unpaired) electrons. The molecule has 0 aromatic carbocycles. The maximum absolute atomic E-state index is 13.2. The summed E-state index contributed by atoms with van der Waals surface area (Å²) in [5.74, 6) is 0.0274. The number of carbonyl (C=O) groups excluding carboxylic acids is 2. The van der Waals surface area contributed by atoms with Crippen molar-refractivity contribution in [1.29, 1.82) is 0 Å². The van der Waals surface area contributed by atoms with Gasteiger partial charge >= 0.3 is 0 Å². The first kappa shape index (κ1) is 26.2. The first-order valence-electron chi connectivity index (χ1n) is 13.5. The van der Waals surface area contributed by atoms with Crippen LogP contribution in [0.15, 0.2) is 23.8 Å². The Morgan fingerprint density at radius 1 is 1.22 bits per heavy atom. The summed E-state index contributed by atoms with van der Waals surface area (Å²) in [5.41, 5.74) is -1.05. The minimum Gasteiger partial charge on any atom is -0.393 e. The zero-order valence-corrected chi connectivity index (χ0v) is 21.6. The second-order valence-corrected chi connectivity index (χ2v) is 11.7. The smallest absolute Gasteiger partial charge is 0.193 e. The Bertz CT molecular complexity index is 932. The van der Waals surface area contributed by atoms with E-state index in [0.717, 1.165) is 38.0 Å². The van der Waals surface area contributed by atoms with Crippen molar-refractivity contribution < 1.29 is 38.7 Å². The molecular formula is C28H40O8. The Morgan fingerprint density at radius 3 is 2.61 bits per heavy atom. The van der Waals surface area contributed by atoms with E-state index in [1.54, 1.807) is 12.2 Å². The third-order valence-corrected chi connectivity index (χ3v) is 9.91. The highest BCUT2D eigenvalue weighted by atomic mass is 16.7. The number of ether oxygens (including phenoxy) is 4. The Labute approximate surface area is 213 Å². The van der Waals surface area contributed by atoms with E-state index in [-0.39, 0.29) is 34.7 Å². The van der Waals surface area contributed by atoms with Gasteiger partial charge in [0.1, 0.15) is 13.4 Å². The first-order valence-corrected chi connectivity index (χ1v) is 13.5. The molecule has 2 N–H and O–H groups in total. The number of aliphatic hydroxyl groups excluding tert-OH is 2. The molecule has 36 heavy (non-hydrogen) atoms. The van der Waals surface area contributed by atoms with Gasteiger partial charge in [-0.15, -0.1) is 0 Å². The zero-order valence-electron chi connectivity index (χ0n) is 21.6. The molecule has 8 heteroatoms. The Morgan fingerprint density at radius 2 is 1.97 bits per heavy atom. The molecule has 5 fully saturated rings. The van der Waals surface area contributed by atoms with Gasteiger partial charge in [-0.05, 0) is 56.1 Å². The van der Waals surface area contributed by atoms with Crippen molar-refractivity contribution in [2.24, 2.45) is 28.6 Å². The van der Waals surface area contributed by atoms with E-state index in [4.69, 9.17) is 18.9 Å². The lowest BCUT2D eigenvalue weighted by atomic mass is 9.46. The van der Waals surface area contributed by atoms with E-state index in [9.17, 15) is 19.8 Å². The maximum Gasteiger partial charge on any atom is 0.193 e. The summed E-state index contributed by atoms with van der Waals surface area (Å²) in [7, 11) is 0. The molecule has 200 valence electrons. The molecule has 2 saturated heterocycles. The molecule has 4 aliphatic carbocycles. The van der Waals surface area contributed by atoms with Gasteiger partial charge in [-0.2, -0.15) is 0 Å². The molecule has 2 heterocycles. The number of fused-ring (bicyclic) bond motifs is 7. The van der Waals surface area contributed by atoms with E-state index >= 15 is 0 Å². The standard InChI is InChI=1S/C25H34O6.C3H6O2/c1-4-5-21-30-20-11-17-16-7-6-14-10-15(27)8-9-23(14,2)22(16)18(28)12-24(17,3)25(20,31-21)19(29)13-26;1-2-5-3-4-1/h8-10,16-18,20-22,26,28H,4-7,11-13H2,1-3H3;1-3H2/t16-,17-,18-,20+,21+,22+,23-,24-,25+;/m0./s1. The van der Waals surface area contributed by atoms with Crippen molar-refractivity contribution in [3.05, 3.63) is 23.8 Å². The number of hydrogen-bond acceptors (Lipinski definition) is 8. The zero-order chi connectivity index (χ0) is 25.7. The minimum absolute atomic E-state index is 0.0125. The van der Waals surface area contributed by atoms with Crippen LogP contribution in [0.2, 0.25) is 0 Å². The predicted molar refractivity (Wildman–Crippen MR) is 130 cm³/mol. The van der Waals surface area contributed by atoms with Crippen LogP contribution < -0.4 is 0 Å². The van der Waals surface area contributed by atoms with Crippen molar-refractivity contribution in [2.45, 2.75) is 83.4 Å². The van der Waals surface area contributed by atoms with Gasteiger partial charge in [-0.25, -0.2) is 0 Å². The fourth-order valence-electron chi connectivity index (χ4n) is 8.42. The molecule has 2 aliphatic heterocycles. The van der Waals surface area contributed by atoms with Crippen LogP contribution in [0.4, 0.5) is 0 Å². The monoisotopic (exact) mass is 504 g/mol. The average molecular weight is 505 g/mol. The number of hydrogen-bond donors (Lipinski definition) is 2. The van der Waals surface area contributed by atoms with Crippen molar-refractivity contribution in [3.63, 3.8) is 0 Å². The van der Waals surface area contributed by atoms with Gasteiger partial charge in [-0.3, -0.25) is 9.59 Å². The van der Waals surface area contributed by atoms with Gasteiger partial charge in [-0.1, -0.05) is 38.8 Å². The van der Waals surface area contributed by atoms with Crippen LogP contribution in [-0.4, -0.2) is 72.5 Å². The lowest BCUT2D eigenvalue weighted by molar-refractivity contribution is -0.200. The second-order valence-electron chi connectivity index (χ2n) is 11.7. The molecule has 0 amide bonds. The topological polar surface area (TPSA) is 112 Å². The molecular weight excluding hydrogens is 464 g/mol. The number of carbonyl (C=O) groups is 2. The lowest BCUT2D eigenvalue weighted by Gasteiger charge is -2.59. The molecule has 0 aromatic rings. The summed E-state index contributed by atoms with van der Waals surface area (Å²) in [6, 6.07) is 0. The van der Waals surface area contributed by atoms with E-state index in [1.165, 1.54) is 0 Å². The van der Waals surface area contributed by atoms with Crippen LogP contribution in [-0.2, 0) is 28.5 Å². The maximum atomic E-state index is 13.2. The molecule has 0 aromatic heterocycles. The van der Waals surface area contributed by atoms with Crippen LogP contribution in [0, 0.1) is 28.6 Å². The quantitative estimate of drug-likeness (QED) is 0.601. The molecule has 9 atom stereocenters. The van der Waals surface area contributed by atoms with Crippen LogP contribution in [0.3, 0.4) is 0 Å². The highest BCUT2D eigenvalue weighted by molar-refractivity contribution is 6.01. The minimum atomic E-state index is -1.20. The Balaban J connectivity index is 0.000000477. The third kappa shape index (κ3) is 3.79. The van der Waals surface area contributed by atoms with Gasteiger partial charge in [0.2, 0.25) is 0 Å². The third-order valence-electron chi connectivity index (χ3n) is 9.91. The lowest BCUT2D eigenvalue weighted by Crippen LogP contribution is -2.63. The van der Waals surface area contributed by atoms with Crippen molar-refractivity contribution in [1.82, 2.24) is 0 Å². The molecule has 6 rings (SSSR count). The molecule has 6 aliphatic rings. The van der Waals surface area contributed by atoms with Crippen molar-refractivity contribution in [3.8, 4) is 0 Å². The molecule has 0 bridgehead atoms. The fourth-order valence-corrected chi connectivity index (χ4v) is 8.42. The van der Waals surface area contributed by atoms with Gasteiger partial charge in [0, 0.05) is 16.7 Å². The molecule has 3 saturated carbocycles. The number of aliphatic hydroxyl groups is 2. The summed E-state index contributed by atoms with van der Waals surface area (Å²) in [6.07, 6.45) is 8.31. The number of allylic oxidation sites excluding steroid dienone is 4. The van der Waals surface area contributed by atoms with Gasteiger partial charge in [0.05, 0.1) is 25.4 Å². The summed E-state index contributed by atoms with van der Waals surface area (Å²) in [5, 5.41) is 21.4. The summed E-state index contributed by atoms with van der Waals surface area (Å²) >= 11 is 0. The van der Waals surface area contributed by atoms with Gasteiger partial charge < -0.3 is 29.2 Å². The van der Waals surface area contributed by atoms with Crippen LogP contribution in [0.5, 0.6) is 0 Å². The molecule has 8 nitrogen and oxygen atoms in total. The van der Waals surface area contributed by atoms with Crippen LogP contribution in [0.1, 0.15) is 59.3 Å². The largest absolute Gasteiger partial charge is 0.393 e. The normalized spacial score (nSPS) is 46.7. The molecule has 0 unspecified atom stereocenters. The van der Waals surface area contributed by atoms with Gasteiger partial charge in [0.15, 0.2) is 23.5 Å². The van der Waals surface area contributed by atoms with E-state index < -0.39 is 36.1 Å². The summed E-state index contributed by atoms with van der Waals surface area (Å²) in [4.78, 5) is 25.2. The number of ketones is 2. The van der Waals surface area contributed by atoms with Crippen LogP contribution in [0.25, 0.3) is 0 Å². The Kier molecular flexibility index (Phi) is 7.07. The number of rotatable bonds is 4. The first-order chi connectivity index (χ1) is 17.2. The van der Waals surface area contributed by atoms with Crippen LogP contribution >= 0.6 is 0 Å². The second kappa shape index (κ2) is 9.71. The Hall–Kier alpha value is -1.42. The highest BCUT2D eigenvalue weighted by Crippen LogP contribution is 2.69. The van der Waals surface area contributed by atoms with E-state index in [1.807, 2.05) is 6.08 Å². The SMILES string of the molecule is C1COCO1.CCC[C@@H]1O[C@@H]2C[C@H]3[C@@H]4CCC5=CC(=O)C=C[C@]5(C)[C@H]4[C@@H](O)C[C@]3(C)[C@]2(C(=O)CO)O1. The fraction of sp³-hybridized carbons (Fsp3) is 0.786. The van der Waals surface area contributed by atoms with E-state index in [0.29, 0.717) is 26.1 Å². The molecule has 0 spiro atoms. The van der Waals surface area contributed by atoms with Crippen molar-refractivity contribution in [2.75, 3.05) is 26.6 Å². The van der Waals surface area contributed by atoms with E-state index in [2.05, 4.69) is 20.8 Å². The predicted octanol–water partition coefficient (Wildman–Crippen LogP) is 2.71. The van der Waals surface area contributed by atoms with Gasteiger partial charge in [0.25, 0.3) is 0 Å². The number of Topliss-reactive ketones (excluding diaryl/α,β-unsaturated/α-hetero) is 1.